The molecule has 1 aliphatic rings. The predicted octanol–water partition coefficient (Wildman–Crippen LogP) is 0.285. The molecule has 1 aliphatic heterocycles. The lowest BCUT2D eigenvalue weighted by Crippen LogP contribution is -2.44. The molecule has 1 saturated heterocycles. The van der Waals surface area contributed by atoms with Gasteiger partial charge in [0.25, 0.3) is 0 Å². The molecule has 0 bridgehead atoms. The van der Waals surface area contributed by atoms with Crippen molar-refractivity contribution < 1.29 is 4.74 Å². The van der Waals surface area contributed by atoms with E-state index in [2.05, 4.69) is 20.2 Å². The van der Waals surface area contributed by atoms with E-state index in [-0.39, 0.29) is 0 Å². The van der Waals surface area contributed by atoms with E-state index in [1.54, 1.807) is 12.4 Å². The first-order valence-corrected chi connectivity index (χ1v) is 5.30. The Labute approximate surface area is 89.5 Å². The fraction of sp³-hybridized carbons (Fsp3) is 0.600. The van der Waals surface area contributed by atoms with Crippen molar-refractivity contribution in [1.29, 1.82) is 0 Å². The first-order chi connectivity index (χ1) is 7.40. The van der Waals surface area contributed by atoms with Gasteiger partial charge >= 0.3 is 0 Å². The molecule has 0 atom stereocenters. The third-order valence-electron chi connectivity index (χ3n) is 2.33. The fourth-order valence-electron chi connectivity index (χ4n) is 1.58. The molecule has 0 amide bonds. The standard InChI is InChI=1S/C10H16N4O/c1-2-15-9-7-12-10(13-8-9)14-5-3-11-4-6-14/h7-8,11H,2-6H2,1H3. The minimum atomic E-state index is 0.649. The van der Waals surface area contributed by atoms with Gasteiger partial charge in [-0.1, -0.05) is 0 Å². The van der Waals surface area contributed by atoms with Gasteiger partial charge < -0.3 is 15.0 Å². The van der Waals surface area contributed by atoms with E-state index in [9.17, 15) is 0 Å². The molecular formula is C10H16N4O. The van der Waals surface area contributed by atoms with Crippen molar-refractivity contribution in [1.82, 2.24) is 15.3 Å². The summed E-state index contributed by atoms with van der Waals surface area (Å²) in [6, 6.07) is 0. The minimum absolute atomic E-state index is 0.649. The number of anilines is 1. The van der Waals surface area contributed by atoms with Crippen molar-refractivity contribution in [2.24, 2.45) is 0 Å². The smallest absolute Gasteiger partial charge is 0.225 e. The summed E-state index contributed by atoms with van der Waals surface area (Å²) in [5.74, 6) is 1.52. The molecule has 0 spiro atoms. The Balaban J connectivity index is 2.02. The Morgan fingerprint density at radius 1 is 1.33 bits per heavy atom. The highest BCUT2D eigenvalue weighted by Crippen LogP contribution is 2.12. The van der Waals surface area contributed by atoms with Gasteiger partial charge in [-0.2, -0.15) is 0 Å². The van der Waals surface area contributed by atoms with Gasteiger partial charge in [-0.3, -0.25) is 0 Å². The molecule has 0 radical (unpaired) electrons. The van der Waals surface area contributed by atoms with Gasteiger partial charge in [0.2, 0.25) is 5.95 Å². The van der Waals surface area contributed by atoms with E-state index in [1.807, 2.05) is 6.92 Å². The molecule has 0 aromatic carbocycles. The monoisotopic (exact) mass is 208 g/mol. The second kappa shape index (κ2) is 4.93. The zero-order valence-corrected chi connectivity index (χ0v) is 8.94. The second-order valence-corrected chi connectivity index (χ2v) is 3.39. The molecule has 1 fully saturated rings. The molecule has 2 heterocycles. The zero-order chi connectivity index (χ0) is 10.5. The summed E-state index contributed by atoms with van der Waals surface area (Å²) in [5, 5.41) is 3.29. The first-order valence-electron chi connectivity index (χ1n) is 5.30. The molecule has 1 aromatic rings. The predicted molar refractivity (Wildman–Crippen MR) is 58.3 cm³/mol. The topological polar surface area (TPSA) is 50.3 Å². The quantitative estimate of drug-likeness (QED) is 0.773. The molecule has 0 saturated carbocycles. The lowest BCUT2D eigenvalue weighted by molar-refractivity contribution is 0.337. The van der Waals surface area contributed by atoms with E-state index >= 15 is 0 Å². The summed E-state index contributed by atoms with van der Waals surface area (Å²) in [4.78, 5) is 10.7. The number of ether oxygens (including phenoxy) is 1. The van der Waals surface area contributed by atoms with Crippen LogP contribution in [-0.4, -0.2) is 42.8 Å². The first kappa shape index (κ1) is 10.2. The van der Waals surface area contributed by atoms with Gasteiger partial charge in [0.1, 0.15) is 0 Å². The summed E-state index contributed by atoms with van der Waals surface area (Å²) in [5.41, 5.74) is 0. The number of nitrogens with zero attached hydrogens (tertiary/aromatic N) is 3. The second-order valence-electron chi connectivity index (χ2n) is 3.39. The third kappa shape index (κ3) is 2.56. The lowest BCUT2D eigenvalue weighted by atomic mass is 10.4. The van der Waals surface area contributed by atoms with Crippen LogP contribution in [0.15, 0.2) is 12.4 Å². The van der Waals surface area contributed by atoms with E-state index in [4.69, 9.17) is 4.74 Å². The van der Waals surface area contributed by atoms with E-state index in [0.29, 0.717) is 6.61 Å². The van der Waals surface area contributed by atoms with Crippen molar-refractivity contribution in [3.63, 3.8) is 0 Å². The van der Waals surface area contributed by atoms with E-state index in [0.717, 1.165) is 37.9 Å². The van der Waals surface area contributed by atoms with Crippen LogP contribution in [0.25, 0.3) is 0 Å². The number of piperazine rings is 1. The Morgan fingerprint density at radius 2 is 2.00 bits per heavy atom. The molecule has 0 aliphatic carbocycles. The van der Waals surface area contributed by atoms with Gasteiger partial charge in [-0.25, -0.2) is 9.97 Å². The zero-order valence-electron chi connectivity index (χ0n) is 8.94. The van der Waals surface area contributed by atoms with Crippen LogP contribution in [0.4, 0.5) is 5.95 Å². The van der Waals surface area contributed by atoms with Gasteiger partial charge in [0.15, 0.2) is 5.75 Å². The summed E-state index contributed by atoms with van der Waals surface area (Å²) < 4.78 is 5.29. The average molecular weight is 208 g/mol. The molecular weight excluding hydrogens is 192 g/mol. The number of aromatic nitrogens is 2. The van der Waals surface area contributed by atoms with Crippen LogP contribution >= 0.6 is 0 Å². The van der Waals surface area contributed by atoms with Crippen LogP contribution in [0.3, 0.4) is 0 Å². The maximum atomic E-state index is 5.29. The Hall–Kier alpha value is -1.36. The normalized spacial score (nSPS) is 16.5. The lowest BCUT2D eigenvalue weighted by Gasteiger charge is -2.27. The number of hydrogen-bond acceptors (Lipinski definition) is 5. The number of rotatable bonds is 3. The molecule has 0 unspecified atom stereocenters. The Bertz CT molecular complexity index is 295. The van der Waals surface area contributed by atoms with E-state index in [1.165, 1.54) is 0 Å². The maximum absolute atomic E-state index is 5.29. The summed E-state index contributed by atoms with van der Waals surface area (Å²) in [6.07, 6.45) is 3.46. The van der Waals surface area contributed by atoms with Crippen molar-refractivity contribution in [3.8, 4) is 5.75 Å². The van der Waals surface area contributed by atoms with Crippen LogP contribution in [-0.2, 0) is 0 Å². The fourth-order valence-corrected chi connectivity index (χ4v) is 1.58. The summed E-state index contributed by atoms with van der Waals surface area (Å²) in [6.45, 7) is 6.52. The molecule has 1 aromatic heterocycles. The van der Waals surface area contributed by atoms with Crippen LogP contribution in [0.5, 0.6) is 5.75 Å². The van der Waals surface area contributed by atoms with Crippen molar-refractivity contribution in [2.75, 3.05) is 37.7 Å². The average Bonchev–Trinajstić information content (AvgIpc) is 2.32. The highest BCUT2D eigenvalue weighted by atomic mass is 16.5. The maximum Gasteiger partial charge on any atom is 0.225 e. The Morgan fingerprint density at radius 3 is 2.60 bits per heavy atom. The van der Waals surface area contributed by atoms with Gasteiger partial charge in [-0.15, -0.1) is 0 Å². The minimum Gasteiger partial charge on any atom is -0.491 e. The van der Waals surface area contributed by atoms with Crippen LogP contribution in [0, 0.1) is 0 Å². The van der Waals surface area contributed by atoms with Crippen LogP contribution < -0.4 is 15.0 Å². The molecule has 5 nitrogen and oxygen atoms in total. The number of hydrogen-bond donors (Lipinski definition) is 1. The molecule has 82 valence electrons. The van der Waals surface area contributed by atoms with Crippen molar-refractivity contribution in [3.05, 3.63) is 12.4 Å². The van der Waals surface area contributed by atoms with Crippen molar-refractivity contribution in [2.45, 2.75) is 6.92 Å². The van der Waals surface area contributed by atoms with Crippen LogP contribution in [0.1, 0.15) is 6.92 Å². The summed E-state index contributed by atoms with van der Waals surface area (Å²) in [7, 11) is 0. The van der Waals surface area contributed by atoms with Gasteiger partial charge in [0, 0.05) is 26.2 Å². The van der Waals surface area contributed by atoms with Gasteiger partial charge in [0.05, 0.1) is 19.0 Å². The SMILES string of the molecule is CCOc1cnc(N2CCNCC2)nc1. The third-order valence-corrected chi connectivity index (χ3v) is 2.33. The van der Waals surface area contributed by atoms with Gasteiger partial charge in [-0.05, 0) is 6.92 Å². The summed E-state index contributed by atoms with van der Waals surface area (Å²) >= 11 is 0. The Kier molecular flexibility index (Phi) is 3.34. The van der Waals surface area contributed by atoms with Crippen molar-refractivity contribution >= 4 is 5.95 Å². The molecule has 5 heteroatoms. The largest absolute Gasteiger partial charge is 0.491 e. The molecule has 15 heavy (non-hydrogen) atoms. The molecule has 1 N–H and O–H groups in total. The highest BCUT2D eigenvalue weighted by molar-refractivity contribution is 5.32. The molecule has 2 rings (SSSR count). The van der Waals surface area contributed by atoms with E-state index < -0.39 is 0 Å². The number of nitrogens with one attached hydrogen (secondary N) is 1. The highest BCUT2D eigenvalue weighted by Gasteiger charge is 2.12. The van der Waals surface area contributed by atoms with Crippen LogP contribution in [0.2, 0.25) is 0 Å².